The summed E-state index contributed by atoms with van der Waals surface area (Å²) < 4.78 is 31.8. The van der Waals surface area contributed by atoms with Crippen molar-refractivity contribution in [1.29, 1.82) is 0 Å². The molecule has 0 spiro atoms. The molecule has 0 saturated heterocycles. The van der Waals surface area contributed by atoms with Gasteiger partial charge in [-0.15, -0.1) is 0 Å². The molecule has 0 heterocycles. The Balaban J connectivity index is 1.76. The van der Waals surface area contributed by atoms with Gasteiger partial charge in [-0.2, -0.15) is 0 Å². The van der Waals surface area contributed by atoms with Crippen LogP contribution in [0.3, 0.4) is 0 Å². The van der Waals surface area contributed by atoms with E-state index < -0.39 is 16.1 Å². The van der Waals surface area contributed by atoms with Gasteiger partial charge in [0.15, 0.2) is 0 Å². The molecule has 2 N–H and O–H groups in total. The molecule has 0 radical (unpaired) electrons. The predicted octanol–water partition coefficient (Wildman–Crippen LogP) is 2.10. The molecule has 1 aromatic rings. The van der Waals surface area contributed by atoms with E-state index >= 15 is 0 Å². The lowest BCUT2D eigenvalue weighted by Gasteiger charge is -2.26. The zero-order chi connectivity index (χ0) is 16.7. The number of sulfonamides is 1. The lowest BCUT2D eigenvalue weighted by Crippen LogP contribution is -2.38. The molecule has 1 saturated carbocycles. The number of nitrogens with one attached hydrogen (secondary N) is 1. The first-order valence-corrected chi connectivity index (χ1v) is 9.94. The van der Waals surface area contributed by atoms with Crippen LogP contribution >= 0.6 is 0 Å². The van der Waals surface area contributed by atoms with Gasteiger partial charge < -0.3 is 9.84 Å². The summed E-state index contributed by atoms with van der Waals surface area (Å²) >= 11 is 0. The van der Waals surface area contributed by atoms with E-state index in [-0.39, 0.29) is 18.2 Å². The van der Waals surface area contributed by atoms with E-state index in [0.29, 0.717) is 6.42 Å². The van der Waals surface area contributed by atoms with Crippen LogP contribution in [0.4, 0.5) is 0 Å². The molecule has 0 aliphatic heterocycles. The molecule has 2 rings (SSSR count). The molecule has 6 heteroatoms. The fourth-order valence-corrected chi connectivity index (χ4v) is 4.09. The van der Waals surface area contributed by atoms with Gasteiger partial charge in [-0.25, -0.2) is 13.1 Å². The molecular formula is C17H27NO4S. The van der Waals surface area contributed by atoms with Gasteiger partial charge in [-0.1, -0.05) is 31.4 Å². The Kier molecular flexibility index (Phi) is 6.87. The van der Waals surface area contributed by atoms with Crippen molar-refractivity contribution in [2.24, 2.45) is 5.92 Å². The van der Waals surface area contributed by atoms with Crippen LogP contribution in [0.5, 0.6) is 5.75 Å². The van der Waals surface area contributed by atoms with E-state index in [9.17, 15) is 13.5 Å². The average molecular weight is 341 g/mol. The number of hydrogen-bond donors (Lipinski definition) is 2. The van der Waals surface area contributed by atoms with E-state index in [2.05, 4.69) is 4.72 Å². The monoisotopic (exact) mass is 341 g/mol. The number of aryl methyl sites for hydroxylation is 1. The lowest BCUT2D eigenvalue weighted by atomic mass is 9.85. The van der Waals surface area contributed by atoms with Crippen LogP contribution < -0.4 is 9.46 Å². The second kappa shape index (κ2) is 8.66. The van der Waals surface area contributed by atoms with Crippen molar-refractivity contribution >= 4 is 10.0 Å². The number of hydrogen-bond acceptors (Lipinski definition) is 4. The van der Waals surface area contributed by atoms with Crippen molar-refractivity contribution in [3.8, 4) is 5.75 Å². The molecular weight excluding hydrogens is 314 g/mol. The van der Waals surface area contributed by atoms with E-state index in [1.54, 1.807) is 7.11 Å². The third-order valence-electron chi connectivity index (χ3n) is 4.52. The maximum Gasteiger partial charge on any atom is 0.212 e. The molecule has 1 aromatic carbocycles. The van der Waals surface area contributed by atoms with Crippen molar-refractivity contribution in [3.05, 3.63) is 29.8 Å². The van der Waals surface area contributed by atoms with Gasteiger partial charge in [0.1, 0.15) is 5.75 Å². The largest absolute Gasteiger partial charge is 0.497 e. The first-order chi connectivity index (χ1) is 11.0. The predicted molar refractivity (Wildman–Crippen MR) is 91.1 cm³/mol. The van der Waals surface area contributed by atoms with Gasteiger partial charge in [0.05, 0.1) is 19.0 Å². The minimum absolute atomic E-state index is 0.0245. The number of benzene rings is 1. The lowest BCUT2D eigenvalue weighted by molar-refractivity contribution is 0.0888. The number of aliphatic hydroxyl groups is 1. The van der Waals surface area contributed by atoms with Crippen molar-refractivity contribution < 1.29 is 18.3 Å². The van der Waals surface area contributed by atoms with Crippen LogP contribution in [0.25, 0.3) is 0 Å². The molecule has 1 fully saturated rings. The standard InChI is InChI=1S/C17H27NO4S/c1-22-16-9-7-14(8-10-16)11-12-23(20,21)18-13-17(19)15-5-3-2-4-6-15/h7-10,15,17-19H,2-6,11-13H2,1H3. The summed E-state index contributed by atoms with van der Waals surface area (Å²) in [5.74, 6) is 1.01. The Labute approximate surface area is 139 Å². The topological polar surface area (TPSA) is 75.6 Å². The highest BCUT2D eigenvalue weighted by Crippen LogP contribution is 2.26. The van der Waals surface area contributed by atoms with Gasteiger partial charge in [-0.05, 0) is 42.9 Å². The van der Waals surface area contributed by atoms with Gasteiger partial charge in [0.2, 0.25) is 10.0 Å². The molecule has 1 aliphatic carbocycles. The van der Waals surface area contributed by atoms with Crippen molar-refractivity contribution in [3.63, 3.8) is 0 Å². The number of methoxy groups -OCH3 is 1. The summed E-state index contributed by atoms with van der Waals surface area (Å²) in [5.41, 5.74) is 0.948. The summed E-state index contributed by atoms with van der Waals surface area (Å²) in [5, 5.41) is 10.1. The average Bonchev–Trinajstić information content (AvgIpc) is 2.59. The Bertz CT molecular complexity index is 565. The maximum atomic E-state index is 12.1. The van der Waals surface area contributed by atoms with Crippen LogP contribution in [0.2, 0.25) is 0 Å². The van der Waals surface area contributed by atoms with E-state index in [0.717, 1.165) is 37.0 Å². The summed E-state index contributed by atoms with van der Waals surface area (Å²) in [6.45, 7) is 0.121. The van der Waals surface area contributed by atoms with Crippen molar-refractivity contribution in [2.45, 2.75) is 44.6 Å². The molecule has 5 nitrogen and oxygen atoms in total. The van der Waals surface area contributed by atoms with Crippen molar-refractivity contribution in [2.75, 3.05) is 19.4 Å². The van der Waals surface area contributed by atoms with E-state index in [4.69, 9.17) is 4.74 Å². The van der Waals surface area contributed by atoms with Crippen LogP contribution in [-0.4, -0.2) is 39.0 Å². The number of aliphatic hydroxyl groups excluding tert-OH is 1. The number of rotatable bonds is 8. The minimum Gasteiger partial charge on any atom is -0.497 e. The second-order valence-corrected chi connectivity index (χ2v) is 8.16. The van der Waals surface area contributed by atoms with Crippen LogP contribution in [0.15, 0.2) is 24.3 Å². The maximum absolute atomic E-state index is 12.1. The van der Waals surface area contributed by atoms with Crippen LogP contribution in [0, 0.1) is 5.92 Å². The third kappa shape index (κ3) is 6.12. The second-order valence-electron chi connectivity index (χ2n) is 6.23. The van der Waals surface area contributed by atoms with Crippen LogP contribution in [0.1, 0.15) is 37.7 Å². The zero-order valence-corrected chi connectivity index (χ0v) is 14.5. The Morgan fingerprint density at radius 2 is 1.87 bits per heavy atom. The van der Waals surface area contributed by atoms with E-state index in [1.807, 2.05) is 24.3 Å². The quantitative estimate of drug-likeness (QED) is 0.759. The molecule has 1 unspecified atom stereocenters. The highest BCUT2D eigenvalue weighted by molar-refractivity contribution is 7.89. The highest BCUT2D eigenvalue weighted by atomic mass is 32.2. The molecule has 0 aromatic heterocycles. The van der Waals surface area contributed by atoms with Gasteiger partial charge in [-0.3, -0.25) is 0 Å². The fraction of sp³-hybridized carbons (Fsp3) is 0.647. The Morgan fingerprint density at radius 1 is 1.22 bits per heavy atom. The molecule has 0 amide bonds. The third-order valence-corrected chi connectivity index (χ3v) is 5.87. The first-order valence-electron chi connectivity index (χ1n) is 8.28. The summed E-state index contributed by atoms with van der Waals surface area (Å²) in [6.07, 6.45) is 5.34. The zero-order valence-electron chi connectivity index (χ0n) is 13.7. The Morgan fingerprint density at radius 3 is 2.48 bits per heavy atom. The fourth-order valence-electron chi connectivity index (χ4n) is 3.01. The normalized spacial score (nSPS) is 17.8. The first kappa shape index (κ1) is 18.2. The molecule has 1 atom stereocenters. The molecule has 23 heavy (non-hydrogen) atoms. The summed E-state index contributed by atoms with van der Waals surface area (Å²) in [4.78, 5) is 0. The van der Waals surface area contributed by atoms with E-state index in [1.165, 1.54) is 6.42 Å². The number of ether oxygens (including phenoxy) is 1. The SMILES string of the molecule is COc1ccc(CCS(=O)(=O)NCC(O)C2CCCCC2)cc1. The Hall–Kier alpha value is -1.11. The van der Waals surface area contributed by atoms with Crippen molar-refractivity contribution in [1.82, 2.24) is 4.72 Å². The molecule has 130 valence electrons. The van der Waals surface area contributed by atoms with Crippen LogP contribution in [-0.2, 0) is 16.4 Å². The summed E-state index contributed by atoms with van der Waals surface area (Å²) in [7, 11) is -1.77. The van der Waals surface area contributed by atoms with Gasteiger partial charge >= 0.3 is 0 Å². The highest BCUT2D eigenvalue weighted by Gasteiger charge is 2.23. The smallest absolute Gasteiger partial charge is 0.212 e. The molecule has 0 bridgehead atoms. The van der Waals surface area contributed by atoms with Gasteiger partial charge in [0.25, 0.3) is 0 Å². The summed E-state index contributed by atoms with van der Waals surface area (Å²) in [6, 6.07) is 7.38. The minimum atomic E-state index is -3.37. The molecule has 1 aliphatic rings. The van der Waals surface area contributed by atoms with Gasteiger partial charge in [0, 0.05) is 6.54 Å².